The van der Waals surface area contributed by atoms with E-state index < -0.39 is 0 Å². The lowest BCUT2D eigenvalue weighted by atomic mass is 9.94. The highest BCUT2D eigenvalue weighted by atomic mass is 16.2. The van der Waals surface area contributed by atoms with E-state index in [1.807, 2.05) is 4.90 Å². The molecular weight excluding hydrogens is 212 g/mol. The van der Waals surface area contributed by atoms with Gasteiger partial charge in [-0.15, -0.1) is 5.92 Å². The van der Waals surface area contributed by atoms with E-state index in [0.717, 1.165) is 32.6 Å². The molecular formula is C14H22N2O. The predicted octanol–water partition coefficient (Wildman–Crippen LogP) is 1.34. The molecule has 0 unspecified atom stereocenters. The Morgan fingerprint density at radius 3 is 2.47 bits per heavy atom. The Bertz CT molecular complexity index is 328. The largest absolute Gasteiger partial charge is 0.340 e. The Morgan fingerprint density at radius 2 is 1.94 bits per heavy atom. The lowest BCUT2D eigenvalue weighted by molar-refractivity contribution is -0.136. The second-order valence-corrected chi connectivity index (χ2v) is 5.06. The molecule has 1 amide bonds. The zero-order chi connectivity index (χ0) is 12.3. The average molecular weight is 234 g/mol. The first kappa shape index (κ1) is 12.4. The molecule has 0 aromatic carbocycles. The fraction of sp³-hybridized carbons (Fsp3) is 0.786. The summed E-state index contributed by atoms with van der Waals surface area (Å²) in [6, 6.07) is 0.610. The molecule has 0 N–H and O–H groups in total. The SMILES string of the molecule is CCC#CC1CCN(C2CN(C(C)=O)C2)CC1. The number of rotatable bonds is 1. The standard InChI is InChI=1S/C14H22N2O/c1-3-4-5-13-6-8-15(9-7-13)14-10-16(11-14)12(2)17/h13-14H,3,6-11H2,1-2H3. The zero-order valence-corrected chi connectivity index (χ0v) is 10.9. The summed E-state index contributed by atoms with van der Waals surface area (Å²) in [4.78, 5) is 15.6. The van der Waals surface area contributed by atoms with Gasteiger partial charge >= 0.3 is 0 Å². The Balaban J connectivity index is 1.72. The molecule has 2 aliphatic heterocycles. The molecule has 94 valence electrons. The average Bonchev–Trinajstić information content (AvgIpc) is 2.25. The third kappa shape index (κ3) is 3.01. The second kappa shape index (κ2) is 5.55. The van der Waals surface area contributed by atoms with Crippen molar-refractivity contribution in [3.8, 4) is 11.8 Å². The minimum atomic E-state index is 0.213. The molecule has 2 fully saturated rings. The van der Waals surface area contributed by atoms with Gasteiger partial charge in [-0.05, 0) is 25.9 Å². The van der Waals surface area contributed by atoms with Crippen molar-refractivity contribution in [2.45, 2.75) is 39.2 Å². The summed E-state index contributed by atoms with van der Waals surface area (Å²) < 4.78 is 0. The molecule has 0 radical (unpaired) electrons. The fourth-order valence-electron chi connectivity index (χ4n) is 2.60. The van der Waals surface area contributed by atoms with Crippen LogP contribution >= 0.6 is 0 Å². The molecule has 2 heterocycles. The van der Waals surface area contributed by atoms with Crippen molar-refractivity contribution in [3.63, 3.8) is 0 Å². The number of hydrogen-bond acceptors (Lipinski definition) is 2. The van der Waals surface area contributed by atoms with E-state index in [1.165, 1.54) is 12.8 Å². The Kier molecular flexibility index (Phi) is 4.06. The molecule has 0 spiro atoms. The zero-order valence-electron chi connectivity index (χ0n) is 10.9. The van der Waals surface area contributed by atoms with Crippen LogP contribution in [0.3, 0.4) is 0 Å². The summed E-state index contributed by atoms with van der Waals surface area (Å²) in [5.41, 5.74) is 0. The lowest BCUT2D eigenvalue weighted by Crippen LogP contribution is -2.61. The third-order valence-corrected chi connectivity index (χ3v) is 3.84. The van der Waals surface area contributed by atoms with Crippen LogP contribution in [0.1, 0.15) is 33.1 Å². The van der Waals surface area contributed by atoms with E-state index in [2.05, 4.69) is 23.7 Å². The number of hydrogen-bond donors (Lipinski definition) is 0. The highest BCUT2D eigenvalue weighted by Gasteiger charge is 2.34. The van der Waals surface area contributed by atoms with Crippen LogP contribution in [0.4, 0.5) is 0 Å². The van der Waals surface area contributed by atoms with E-state index in [4.69, 9.17) is 0 Å². The first-order chi connectivity index (χ1) is 8.20. The normalized spacial score (nSPS) is 22.8. The quantitative estimate of drug-likeness (QED) is 0.639. The Labute approximate surface area is 104 Å². The Morgan fingerprint density at radius 1 is 1.29 bits per heavy atom. The molecule has 0 saturated carbocycles. The maximum atomic E-state index is 11.1. The number of likely N-dealkylation sites (tertiary alicyclic amines) is 2. The van der Waals surface area contributed by atoms with Crippen molar-refractivity contribution in [3.05, 3.63) is 0 Å². The first-order valence-corrected chi connectivity index (χ1v) is 6.68. The van der Waals surface area contributed by atoms with Crippen LogP contribution in [0, 0.1) is 17.8 Å². The van der Waals surface area contributed by atoms with Crippen LogP contribution in [0.5, 0.6) is 0 Å². The van der Waals surface area contributed by atoms with Crippen LogP contribution in [0.15, 0.2) is 0 Å². The van der Waals surface area contributed by atoms with E-state index in [9.17, 15) is 4.79 Å². The first-order valence-electron chi connectivity index (χ1n) is 6.68. The number of carbonyl (C=O) groups excluding carboxylic acids is 1. The van der Waals surface area contributed by atoms with Gasteiger partial charge in [0.1, 0.15) is 0 Å². The molecule has 0 aliphatic carbocycles. The van der Waals surface area contributed by atoms with Gasteiger partial charge in [-0.1, -0.05) is 12.8 Å². The molecule has 3 nitrogen and oxygen atoms in total. The highest BCUT2D eigenvalue weighted by molar-refractivity contribution is 5.74. The van der Waals surface area contributed by atoms with Gasteiger partial charge in [0, 0.05) is 38.4 Å². The van der Waals surface area contributed by atoms with E-state index in [1.54, 1.807) is 6.92 Å². The van der Waals surface area contributed by atoms with Crippen molar-refractivity contribution < 1.29 is 4.79 Å². The van der Waals surface area contributed by atoms with Gasteiger partial charge < -0.3 is 4.90 Å². The smallest absolute Gasteiger partial charge is 0.219 e. The molecule has 0 bridgehead atoms. The van der Waals surface area contributed by atoms with Gasteiger partial charge in [0.15, 0.2) is 0 Å². The van der Waals surface area contributed by atoms with Gasteiger partial charge in [-0.2, -0.15) is 0 Å². The van der Waals surface area contributed by atoms with Crippen LogP contribution < -0.4 is 0 Å². The van der Waals surface area contributed by atoms with Crippen molar-refractivity contribution in [1.29, 1.82) is 0 Å². The van der Waals surface area contributed by atoms with Crippen molar-refractivity contribution in [2.24, 2.45) is 5.92 Å². The van der Waals surface area contributed by atoms with E-state index in [-0.39, 0.29) is 5.91 Å². The summed E-state index contributed by atoms with van der Waals surface area (Å²) in [6.07, 6.45) is 3.36. The number of nitrogens with zero attached hydrogens (tertiary/aromatic N) is 2. The minimum Gasteiger partial charge on any atom is -0.340 e. The maximum absolute atomic E-state index is 11.1. The van der Waals surface area contributed by atoms with Crippen LogP contribution in [-0.4, -0.2) is 47.9 Å². The van der Waals surface area contributed by atoms with Gasteiger partial charge in [-0.25, -0.2) is 0 Å². The van der Waals surface area contributed by atoms with Gasteiger partial charge in [-0.3, -0.25) is 9.69 Å². The van der Waals surface area contributed by atoms with E-state index >= 15 is 0 Å². The summed E-state index contributed by atoms with van der Waals surface area (Å²) in [6.45, 7) is 7.93. The molecule has 0 aromatic rings. The summed E-state index contributed by atoms with van der Waals surface area (Å²) >= 11 is 0. The lowest BCUT2D eigenvalue weighted by Gasteiger charge is -2.47. The highest BCUT2D eigenvalue weighted by Crippen LogP contribution is 2.22. The number of carbonyl (C=O) groups is 1. The monoisotopic (exact) mass is 234 g/mol. The van der Waals surface area contributed by atoms with Crippen LogP contribution in [-0.2, 0) is 4.79 Å². The van der Waals surface area contributed by atoms with E-state index in [0.29, 0.717) is 12.0 Å². The fourth-order valence-corrected chi connectivity index (χ4v) is 2.60. The maximum Gasteiger partial charge on any atom is 0.219 e. The van der Waals surface area contributed by atoms with Gasteiger partial charge in [0.2, 0.25) is 5.91 Å². The topological polar surface area (TPSA) is 23.6 Å². The summed E-state index contributed by atoms with van der Waals surface area (Å²) in [5, 5.41) is 0. The molecule has 3 heteroatoms. The summed E-state index contributed by atoms with van der Waals surface area (Å²) in [5.74, 6) is 7.36. The predicted molar refractivity (Wildman–Crippen MR) is 68.4 cm³/mol. The van der Waals surface area contributed by atoms with Crippen LogP contribution in [0.2, 0.25) is 0 Å². The minimum absolute atomic E-state index is 0.213. The second-order valence-electron chi connectivity index (χ2n) is 5.06. The molecule has 2 rings (SSSR count). The number of piperidine rings is 1. The molecule has 0 atom stereocenters. The van der Waals surface area contributed by atoms with Crippen LogP contribution in [0.25, 0.3) is 0 Å². The van der Waals surface area contributed by atoms with Crippen molar-refractivity contribution in [1.82, 2.24) is 9.80 Å². The molecule has 17 heavy (non-hydrogen) atoms. The third-order valence-electron chi connectivity index (χ3n) is 3.84. The van der Waals surface area contributed by atoms with Crippen molar-refractivity contribution >= 4 is 5.91 Å². The molecule has 2 saturated heterocycles. The number of amides is 1. The molecule has 0 aromatic heterocycles. The summed E-state index contributed by atoms with van der Waals surface area (Å²) in [7, 11) is 0. The molecule has 2 aliphatic rings. The van der Waals surface area contributed by atoms with Gasteiger partial charge in [0.25, 0.3) is 0 Å². The van der Waals surface area contributed by atoms with Crippen molar-refractivity contribution in [2.75, 3.05) is 26.2 Å². The Hall–Kier alpha value is -1.01. The van der Waals surface area contributed by atoms with Gasteiger partial charge in [0.05, 0.1) is 0 Å².